The first kappa shape index (κ1) is 14.0. The van der Waals surface area contributed by atoms with Gasteiger partial charge < -0.3 is 5.32 Å². The van der Waals surface area contributed by atoms with Crippen molar-refractivity contribution in [1.29, 1.82) is 0 Å². The first-order chi connectivity index (χ1) is 8.96. The third-order valence-electron chi connectivity index (χ3n) is 3.27. The van der Waals surface area contributed by atoms with E-state index in [4.69, 9.17) is 0 Å². The van der Waals surface area contributed by atoms with Crippen molar-refractivity contribution in [2.24, 2.45) is 5.92 Å². The molecule has 1 saturated heterocycles. The van der Waals surface area contributed by atoms with Crippen molar-refractivity contribution < 1.29 is 17.6 Å². The zero-order chi connectivity index (χ0) is 13.9. The minimum Gasteiger partial charge on any atom is -0.352 e. The fourth-order valence-corrected chi connectivity index (χ4v) is 4.10. The molecule has 1 aliphatic rings. The minimum atomic E-state index is -2.86. The van der Waals surface area contributed by atoms with Crippen molar-refractivity contribution >= 4 is 15.7 Å². The number of hydrogen-bond acceptors (Lipinski definition) is 3. The summed E-state index contributed by atoms with van der Waals surface area (Å²) in [4.78, 5) is 11.7. The van der Waals surface area contributed by atoms with E-state index in [-0.39, 0.29) is 29.1 Å². The molecule has 0 aliphatic carbocycles. The maximum absolute atomic E-state index is 12.7. The van der Waals surface area contributed by atoms with Gasteiger partial charge in [-0.3, -0.25) is 4.79 Å². The smallest absolute Gasteiger partial charge is 0.251 e. The molecule has 19 heavy (non-hydrogen) atoms. The van der Waals surface area contributed by atoms with Crippen LogP contribution in [0.2, 0.25) is 0 Å². The summed E-state index contributed by atoms with van der Waals surface area (Å²) in [5.74, 6) is -0.0321. The summed E-state index contributed by atoms with van der Waals surface area (Å²) in [6, 6.07) is 5.31. The SMILES string of the molecule is O=C(NCCC1CCS(=O)(=O)C1)c1ccc(F)cc1. The molecule has 1 aromatic carbocycles. The van der Waals surface area contributed by atoms with Crippen molar-refractivity contribution in [3.05, 3.63) is 35.6 Å². The van der Waals surface area contributed by atoms with Crippen molar-refractivity contribution in [2.45, 2.75) is 12.8 Å². The van der Waals surface area contributed by atoms with Crippen LogP contribution >= 0.6 is 0 Å². The number of amides is 1. The largest absolute Gasteiger partial charge is 0.352 e. The summed E-state index contributed by atoms with van der Waals surface area (Å²) in [6.45, 7) is 0.441. The highest BCUT2D eigenvalue weighted by Crippen LogP contribution is 2.20. The van der Waals surface area contributed by atoms with Gasteiger partial charge in [0.05, 0.1) is 11.5 Å². The highest BCUT2D eigenvalue weighted by atomic mass is 32.2. The molecule has 1 atom stereocenters. The monoisotopic (exact) mass is 285 g/mol. The van der Waals surface area contributed by atoms with Crippen LogP contribution in [0.4, 0.5) is 4.39 Å². The lowest BCUT2D eigenvalue weighted by Gasteiger charge is -2.09. The Morgan fingerprint density at radius 1 is 1.32 bits per heavy atom. The molecule has 1 fully saturated rings. The average molecular weight is 285 g/mol. The summed E-state index contributed by atoms with van der Waals surface area (Å²) in [5, 5.41) is 2.72. The van der Waals surface area contributed by atoms with Gasteiger partial charge in [-0.1, -0.05) is 0 Å². The molecule has 0 spiro atoms. The molecule has 0 saturated carbocycles. The number of nitrogens with one attached hydrogen (secondary N) is 1. The number of halogens is 1. The van der Waals surface area contributed by atoms with Gasteiger partial charge in [0.2, 0.25) is 0 Å². The molecule has 1 N–H and O–H groups in total. The minimum absolute atomic E-state index is 0.138. The molecular formula is C13H16FNO3S. The van der Waals surface area contributed by atoms with Crippen LogP contribution in [-0.2, 0) is 9.84 Å². The topological polar surface area (TPSA) is 63.2 Å². The highest BCUT2D eigenvalue weighted by Gasteiger charge is 2.27. The van der Waals surface area contributed by atoms with Gasteiger partial charge in [0, 0.05) is 12.1 Å². The molecule has 0 radical (unpaired) electrons. The number of carbonyl (C=O) groups excluding carboxylic acids is 1. The standard InChI is InChI=1S/C13H16FNO3S/c14-12-3-1-11(2-4-12)13(16)15-7-5-10-6-8-19(17,18)9-10/h1-4,10H,5-9H2,(H,15,16). The number of sulfone groups is 1. The van der Waals surface area contributed by atoms with Gasteiger partial charge in [0.25, 0.3) is 5.91 Å². The van der Waals surface area contributed by atoms with Crippen LogP contribution in [0, 0.1) is 11.7 Å². The molecule has 0 aromatic heterocycles. The lowest BCUT2D eigenvalue weighted by Crippen LogP contribution is -2.26. The van der Waals surface area contributed by atoms with Gasteiger partial charge in [-0.15, -0.1) is 0 Å². The highest BCUT2D eigenvalue weighted by molar-refractivity contribution is 7.91. The molecular weight excluding hydrogens is 269 g/mol. The van der Waals surface area contributed by atoms with E-state index in [1.807, 2.05) is 0 Å². The summed E-state index contributed by atoms with van der Waals surface area (Å²) < 4.78 is 35.2. The van der Waals surface area contributed by atoms with Gasteiger partial charge in [-0.25, -0.2) is 12.8 Å². The first-order valence-electron chi connectivity index (χ1n) is 6.20. The number of hydrogen-bond donors (Lipinski definition) is 1. The normalized spacial score (nSPS) is 21.2. The van der Waals surface area contributed by atoms with Crippen LogP contribution < -0.4 is 5.32 Å². The maximum atomic E-state index is 12.7. The van der Waals surface area contributed by atoms with E-state index in [0.29, 0.717) is 24.9 Å². The average Bonchev–Trinajstić information content (AvgIpc) is 2.69. The Morgan fingerprint density at radius 2 is 2.00 bits per heavy atom. The Labute approximate surface area is 111 Å². The predicted octanol–water partition coefficient (Wildman–Crippen LogP) is 1.38. The Kier molecular flexibility index (Phi) is 4.19. The fraction of sp³-hybridized carbons (Fsp3) is 0.462. The molecule has 4 nitrogen and oxygen atoms in total. The summed E-state index contributed by atoms with van der Waals surface area (Å²) in [6.07, 6.45) is 1.33. The van der Waals surface area contributed by atoms with E-state index in [9.17, 15) is 17.6 Å². The summed E-state index contributed by atoms with van der Waals surface area (Å²) >= 11 is 0. The van der Waals surface area contributed by atoms with Crippen LogP contribution in [0.15, 0.2) is 24.3 Å². The van der Waals surface area contributed by atoms with E-state index in [1.165, 1.54) is 24.3 Å². The second-order valence-electron chi connectivity index (χ2n) is 4.82. The van der Waals surface area contributed by atoms with Crippen molar-refractivity contribution in [1.82, 2.24) is 5.32 Å². The Balaban J connectivity index is 1.77. The fourth-order valence-electron chi connectivity index (χ4n) is 2.19. The van der Waals surface area contributed by atoms with Crippen molar-refractivity contribution in [2.75, 3.05) is 18.1 Å². The second kappa shape index (κ2) is 5.69. The summed E-state index contributed by atoms with van der Waals surface area (Å²) in [7, 11) is -2.86. The van der Waals surface area contributed by atoms with Crippen molar-refractivity contribution in [3.63, 3.8) is 0 Å². The summed E-state index contributed by atoms with van der Waals surface area (Å²) in [5.41, 5.74) is 0.403. The third-order valence-corrected chi connectivity index (χ3v) is 5.11. The van der Waals surface area contributed by atoms with E-state index in [2.05, 4.69) is 5.32 Å². The maximum Gasteiger partial charge on any atom is 0.251 e. The molecule has 1 aromatic rings. The van der Waals surface area contributed by atoms with Crippen LogP contribution in [0.3, 0.4) is 0 Å². The Hall–Kier alpha value is -1.43. The predicted molar refractivity (Wildman–Crippen MR) is 70.1 cm³/mol. The van der Waals surface area contributed by atoms with Crippen LogP contribution in [0.25, 0.3) is 0 Å². The molecule has 104 valence electrons. The first-order valence-corrected chi connectivity index (χ1v) is 8.02. The molecule has 6 heteroatoms. The van der Waals surface area contributed by atoms with E-state index < -0.39 is 9.84 Å². The second-order valence-corrected chi connectivity index (χ2v) is 7.05. The zero-order valence-electron chi connectivity index (χ0n) is 10.4. The quantitative estimate of drug-likeness (QED) is 0.909. The molecule has 0 bridgehead atoms. The van der Waals surface area contributed by atoms with Gasteiger partial charge in [-0.05, 0) is 43.0 Å². The lowest BCUT2D eigenvalue weighted by atomic mass is 10.1. The number of benzene rings is 1. The van der Waals surface area contributed by atoms with Crippen LogP contribution in [0.1, 0.15) is 23.2 Å². The van der Waals surface area contributed by atoms with E-state index in [1.54, 1.807) is 0 Å². The van der Waals surface area contributed by atoms with Crippen LogP contribution in [-0.4, -0.2) is 32.4 Å². The molecule has 1 amide bonds. The number of rotatable bonds is 4. The van der Waals surface area contributed by atoms with Gasteiger partial charge in [0.1, 0.15) is 5.82 Å². The van der Waals surface area contributed by atoms with Crippen LogP contribution in [0.5, 0.6) is 0 Å². The van der Waals surface area contributed by atoms with Gasteiger partial charge >= 0.3 is 0 Å². The van der Waals surface area contributed by atoms with E-state index >= 15 is 0 Å². The lowest BCUT2D eigenvalue weighted by molar-refractivity contribution is 0.0951. The van der Waals surface area contributed by atoms with Gasteiger partial charge in [0.15, 0.2) is 9.84 Å². The zero-order valence-corrected chi connectivity index (χ0v) is 11.2. The molecule has 1 aliphatic heterocycles. The Bertz CT molecular complexity index is 554. The molecule has 2 rings (SSSR count). The Morgan fingerprint density at radius 3 is 2.58 bits per heavy atom. The third kappa shape index (κ3) is 4.02. The number of carbonyl (C=O) groups is 1. The molecule has 1 unspecified atom stereocenters. The van der Waals surface area contributed by atoms with E-state index in [0.717, 1.165) is 0 Å². The van der Waals surface area contributed by atoms with Crippen molar-refractivity contribution in [3.8, 4) is 0 Å². The molecule has 1 heterocycles. The van der Waals surface area contributed by atoms with Gasteiger partial charge in [-0.2, -0.15) is 0 Å².